The fraction of sp³-hybridized carbons (Fsp3) is 0.571. The number of hydrogen-bond donors (Lipinski definition) is 1. The van der Waals surface area contributed by atoms with Gasteiger partial charge in [-0.2, -0.15) is 12.7 Å². The van der Waals surface area contributed by atoms with Crippen LogP contribution in [0.5, 0.6) is 0 Å². The van der Waals surface area contributed by atoms with Crippen LogP contribution in [0.15, 0.2) is 24.3 Å². The monoisotopic (exact) mass is 297 g/mol. The van der Waals surface area contributed by atoms with Crippen molar-refractivity contribution < 1.29 is 8.42 Å². The Hall–Kier alpha value is -1.11. The maximum atomic E-state index is 12.6. The van der Waals surface area contributed by atoms with Crippen LogP contribution in [0, 0.1) is 12.8 Å². The molecule has 6 heteroatoms. The second kappa shape index (κ2) is 6.11. The highest BCUT2D eigenvalue weighted by Gasteiger charge is 2.30. The topological polar surface area (TPSA) is 66.6 Å². The molecule has 1 heterocycles. The Kier molecular flexibility index (Phi) is 4.67. The van der Waals surface area contributed by atoms with Crippen molar-refractivity contribution in [3.8, 4) is 0 Å². The lowest BCUT2D eigenvalue weighted by Gasteiger charge is -2.34. The van der Waals surface area contributed by atoms with E-state index in [2.05, 4.69) is 0 Å². The molecule has 0 radical (unpaired) electrons. The molecular formula is C14H23N3O2S. The van der Waals surface area contributed by atoms with Crippen LogP contribution in [0.2, 0.25) is 0 Å². The molecule has 0 aliphatic carbocycles. The Bertz CT molecular complexity index is 551. The molecule has 1 aromatic carbocycles. The zero-order chi connectivity index (χ0) is 14.8. The molecule has 0 bridgehead atoms. The molecule has 2 N–H and O–H groups in total. The molecule has 5 nitrogen and oxygen atoms in total. The maximum Gasteiger partial charge on any atom is 0.303 e. The lowest BCUT2D eigenvalue weighted by Crippen LogP contribution is -2.46. The molecule has 112 valence electrons. The number of piperidine rings is 1. The number of anilines is 1. The Morgan fingerprint density at radius 2 is 2.00 bits per heavy atom. The zero-order valence-corrected chi connectivity index (χ0v) is 12.9. The average Bonchev–Trinajstić information content (AvgIpc) is 2.46. The number of benzene rings is 1. The predicted octanol–water partition coefficient (Wildman–Crippen LogP) is 1.35. The van der Waals surface area contributed by atoms with Crippen molar-refractivity contribution in [1.82, 2.24) is 4.31 Å². The maximum absolute atomic E-state index is 12.6. The smallest absolute Gasteiger partial charge is 0.303 e. The van der Waals surface area contributed by atoms with E-state index in [0.717, 1.165) is 18.4 Å². The molecule has 0 atom stereocenters. The molecule has 0 saturated carbocycles. The molecule has 1 aromatic rings. The summed E-state index contributed by atoms with van der Waals surface area (Å²) in [5.74, 6) is 0.450. The molecule has 0 unspecified atom stereocenters. The van der Waals surface area contributed by atoms with Crippen molar-refractivity contribution in [2.45, 2.75) is 19.8 Å². The van der Waals surface area contributed by atoms with Gasteiger partial charge in [0.25, 0.3) is 0 Å². The van der Waals surface area contributed by atoms with Gasteiger partial charge in [-0.1, -0.05) is 12.1 Å². The molecule has 20 heavy (non-hydrogen) atoms. The Balaban J connectivity index is 2.14. The summed E-state index contributed by atoms with van der Waals surface area (Å²) in [6, 6.07) is 7.52. The van der Waals surface area contributed by atoms with Gasteiger partial charge in [-0.25, -0.2) is 0 Å². The minimum Gasteiger partial charge on any atom is -0.330 e. The van der Waals surface area contributed by atoms with Crippen LogP contribution in [0.3, 0.4) is 0 Å². The summed E-state index contributed by atoms with van der Waals surface area (Å²) in [5.41, 5.74) is 7.39. The van der Waals surface area contributed by atoms with Gasteiger partial charge in [0.1, 0.15) is 0 Å². The molecule has 1 aliphatic rings. The fourth-order valence-electron chi connectivity index (χ4n) is 2.51. The Morgan fingerprint density at radius 3 is 2.55 bits per heavy atom. The van der Waals surface area contributed by atoms with Crippen molar-refractivity contribution in [2.75, 3.05) is 31.0 Å². The number of nitrogens with zero attached hydrogens (tertiary/aromatic N) is 2. The van der Waals surface area contributed by atoms with E-state index in [9.17, 15) is 8.42 Å². The van der Waals surface area contributed by atoms with Crippen LogP contribution in [0.1, 0.15) is 18.4 Å². The molecule has 1 aliphatic heterocycles. The Labute approximate surface area is 121 Å². The van der Waals surface area contributed by atoms with Gasteiger partial charge < -0.3 is 5.73 Å². The number of aryl methyl sites for hydroxylation is 1. The van der Waals surface area contributed by atoms with E-state index in [4.69, 9.17) is 5.73 Å². The van der Waals surface area contributed by atoms with Crippen molar-refractivity contribution >= 4 is 15.9 Å². The quantitative estimate of drug-likeness (QED) is 0.912. The molecule has 0 spiro atoms. The molecule has 0 amide bonds. The molecular weight excluding hydrogens is 274 g/mol. The SMILES string of the molecule is Cc1cccc(N(C)S(=O)(=O)N2CCC(CN)CC2)c1. The number of hydrogen-bond acceptors (Lipinski definition) is 3. The molecule has 1 saturated heterocycles. The molecule has 1 fully saturated rings. The summed E-state index contributed by atoms with van der Waals surface area (Å²) >= 11 is 0. The van der Waals surface area contributed by atoms with Gasteiger partial charge in [-0.3, -0.25) is 4.31 Å². The van der Waals surface area contributed by atoms with Crippen LogP contribution in [0.4, 0.5) is 5.69 Å². The lowest BCUT2D eigenvalue weighted by molar-refractivity contribution is 0.278. The van der Waals surface area contributed by atoms with E-state index in [-0.39, 0.29) is 0 Å². The average molecular weight is 297 g/mol. The molecule has 2 rings (SSSR count). The third-order valence-electron chi connectivity index (χ3n) is 3.94. The first-order valence-electron chi connectivity index (χ1n) is 6.96. The summed E-state index contributed by atoms with van der Waals surface area (Å²) in [4.78, 5) is 0. The first-order valence-corrected chi connectivity index (χ1v) is 8.35. The van der Waals surface area contributed by atoms with Gasteiger partial charge in [0, 0.05) is 20.1 Å². The number of rotatable bonds is 4. The van der Waals surface area contributed by atoms with Gasteiger partial charge in [-0.05, 0) is 49.9 Å². The van der Waals surface area contributed by atoms with E-state index in [1.807, 2.05) is 31.2 Å². The van der Waals surface area contributed by atoms with Gasteiger partial charge in [-0.15, -0.1) is 0 Å². The third kappa shape index (κ3) is 3.13. The predicted molar refractivity (Wildman–Crippen MR) is 81.9 cm³/mol. The van der Waals surface area contributed by atoms with Crippen LogP contribution < -0.4 is 10.0 Å². The van der Waals surface area contributed by atoms with Crippen molar-refractivity contribution in [3.05, 3.63) is 29.8 Å². The zero-order valence-electron chi connectivity index (χ0n) is 12.1. The second-order valence-corrected chi connectivity index (χ2v) is 7.35. The summed E-state index contributed by atoms with van der Waals surface area (Å²) in [5, 5.41) is 0. The first kappa shape index (κ1) is 15.3. The van der Waals surface area contributed by atoms with Crippen LogP contribution in [0.25, 0.3) is 0 Å². The highest BCUT2D eigenvalue weighted by atomic mass is 32.2. The van der Waals surface area contributed by atoms with Crippen LogP contribution in [-0.2, 0) is 10.2 Å². The summed E-state index contributed by atoms with van der Waals surface area (Å²) in [6.45, 7) is 3.71. The highest BCUT2D eigenvalue weighted by Crippen LogP contribution is 2.24. The van der Waals surface area contributed by atoms with E-state index in [1.54, 1.807) is 11.4 Å². The van der Waals surface area contributed by atoms with E-state index in [0.29, 0.717) is 31.2 Å². The van der Waals surface area contributed by atoms with Gasteiger partial charge in [0.05, 0.1) is 5.69 Å². The first-order chi connectivity index (χ1) is 9.45. The van der Waals surface area contributed by atoms with E-state index >= 15 is 0 Å². The summed E-state index contributed by atoms with van der Waals surface area (Å²) in [7, 11) is -1.83. The van der Waals surface area contributed by atoms with Crippen molar-refractivity contribution in [1.29, 1.82) is 0 Å². The van der Waals surface area contributed by atoms with E-state index < -0.39 is 10.2 Å². The fourth-order valence-corrected chi connectivity index (χ4v) is 3.90. The highest BCUT2D eigenvalue weighted by molar-refractivity contribution is 7.90. The van der Waals surface area contributed by atoms with Gasteiger partial charge in [0.2, 0.25) is 0 Å². The van der Waals surface area contributed by atoms with Gasteiger partial charge >= 0.3 is 10.2 Å². The van der Waals surface area contributed by atoms with E-state index in [1.165, 1.54) is 4.31 Å². The second-order valence-electron chi connectivity index (χ2n) is 5.39. The van der Waals surface area contributed by atoms with Gasteiger partial charge in [0.15, 0.2) is 0 Å². The Morgan fingerprint density at radius 1 is 1.35 bits per heavy atom. The minimum absolute atomic E-state index is 0.450. The van der Waals surface area contributed by atoms with Crippen LogP contribution in [-0.4, -0.2) is 39.4 Å². The minimum atomic E-state index is -3.44. The summed E-state index contributed by atoms with van der Waals surface area (Å²) in [6.07, 6.45) is 1.69. The van der Waals surface area contributed by atoms with Crippen molar-refractivity contribution in [2.24, 2.45) is 11.7 Å². The third-order valence-corrected chi connectivity index (χ3v) is 5.87. The van der Waals surface area contributed by atoms with Crippen LogP contribution >= 0.6 is 0 Å². The van der Waals surface area contributed by atoms with Crippen molar-refractivity contribution in [3.63, 3.8) is 0 Å². The normalized spacial score (nSPS) is 18.1. The largest absolute Gasteiger partial charge is 0.330 e. The lowest BCUT2D eigenvalue weighted by atomic mass is 9.99. The summed E-state index contributed by atoms with van der Waals surface area (Å²) < 4.78 is 28.1. The number of nitrogens with two attached hydrogens (primary N) is 1. The molecule has 0 aromatic heterocycles. The standard InChI is InChI=1S/C14H23N3O2S/c1-12-4-3-5-14(10-12)16(2)20(18,19)17-8-6-13(11-15)7-9-17/h3-5,10,13H,6-9,11,15H2,1-2H3.